The Morgan fingerprint density at radius 1 is 1.00 bits per heavy atom. The van der Waals surface area contributed by atoms with Crippen LogP contribution in [-0.4, -0.2) is 46.8 Å². The first-order chi connectivity index (χ1) is 21.2. The molecular weight excluding hydrogens is 554 g/mol. The van der Waals surface area contributed by atoms with Crippen LogP contribution >= 0.6 is 0 Å². The highest BCUT2D eigenvalue weighted by molar-refractivity contribution is 5.86. The lowest BCUT2D eigenvalue weighted by molar-refractivity contribution is -0.141. The van der Waals surface area contributed by atoms with Gasteiger partial charge >= 0.3 is 12.1 Å². The molecule has 0 spiro atoms. The van der Waals surface area contributed by atoms with Gasteiger partial charge in [-0.25, -0.2) is 9.59 Å². The second-order valence-corrected chi connectivity index (χ2v) is 13.6. The first kappa shape index (κ1) is 30.1. The van der Waals surface area contributed by atoms with Gasteiger partial charge < -0.3 is 20.5 Å². The number of carboxylic acids is 1. The Morgan fingerprint density at radius 2 is 1.80 bits per heavy atom. The Kier molecular flexibility index (Phi) is 8.36. The minimum atomic E-state index is -1.13. The van der Waals surface area contributed by atoms with Gasteiger partial charge in [0.2, 0.25) is 5.91 Å². The molecule has 0 saturated heterocycles. The molecule has 2 saturated carbocycles. The largest absolute Gasteiger partial charge is 0.480 e. The second-order valence-electron chi connectivity index (χ2n) is 13.6. The van der Waals surface area contributed by atoms with Crippen molar-refractivity contribution in [1.29, 1.82) is 0 Å². The monoisotopic (exact) mass is 597 g/mol. The first-order valence-corrected chi connectivity index (χ1v) is 16.0. The summed E-state index contributed by atoms with van der Waals surface area (Å²) in [4.78, 5) is 41.2. The van der Waals surface area contributed by atoms with Crippen LogP contribution in [0, 0.1) is 28.6 Å². The molecular formula is C36H43N3O5. The molecule has 3 N–H and O–H groups in total. The average Bonchev–Trinajstić information content (AvgIpc) is 3.38. The number of rotatable bonds is 8. The summed E-state index contributed by atoms with van der Waals surface area (Å²) >= 11 is 0. The summed E-state index contributed by atoms with van der Waals surface area (Å²) in [5, 5.41) is 14.6. The molecule has 44 heavy (non-hydrogen) atoms. The van der Waals surface area contributed by atoms with Crippen molar-refractivity contribution in [3.8, 4) is 0 Å². The van der Waals surface area contributed by atoms with Gasteiger partial charge in [-0.05, 0) is 89.9 Å². The van der Waals surface area contributed by atoms with E-state index in [1.54, 1.807) is 0 Å². The van der Waals surface area contributed by atoms with Crippen LogP contribution in [0.1, 0.15) is 69.9 Å². The fourth-order valence-electron chi connectivity index (χ4n) is 8.91. The number of aromatic nitrogens is 1. The smallest absolute Gasteiger partial charge is 0.407 e. The summed E-state index contributed by atoms with van der Waals surface area (Å²) < 4.78 is 5.77. The summed E-state index contributed by atoms with van der Waals surface area (Å²) in [7, 11) is 0. The Hall–Kier alpha value is -3.94. The highest BCUT2D eigenvalue weighted by Crippen LogP contribution is 2.66. The molecule has 2 aromatic rings. The van der Waals surface area contributed by atoms with Gasteiger partial charge in [-0.2, -0.15) is 0 Å². The normalized spacial score (nSPS) is 31.2. The maximum atomic E-state index is 12.6. The van der Waals surface area contributed by atoms with E-state index in [9.17, 15) is 19.5 Å². The third kappa shape index (κ3) is 5.78. The fourth-order valence-corrected chi connectivity index (χ4v) is 8.91. The molecule has 0 aliphatic heterocycles. The zero-order valence-corrected chi connectivity index (χ0v) is 25.6. The lowest BCUT2D eigenvalue weighted by Crippen LogP contribution is -2.50. The maximum Gasteiger partial charge on any atom is 0.407 e. The molecule has 8 nitrogen and oxygen atoms in total. The van der Waals surface area contributed by atoms with E-state index >= 15 is 0 Å². The number of fused-ring (bicyclic) bond motifs is 5. The molecule has 1 aromatic heterocycles. The van der Waals surface area contributed by atoms with Crippen molar-refractivity contribution >= 4 is 23.5 Å². The number of carboxylic acid groups (broad SMARTS) is 1. The molecule has 0 radical (unpaired) electrons. The number of allylic oxidation sites excluding steroid dienone is 3. The van der Waals surface area contributed by atoms with Crippen LogP contribution < -0.4 is 10.6 Å². The number of nitrogens with zero attached hydrogens (tertiary/aromatic N) is 1. The van der Waals surface area contributed by atoms with E-state index in [-0.39, 0.29) is 29.9 Å². The van der Waals surface area contributed by atoms with Gasteiger partial charge in [0.25, 0.3) is 0 Å². The SMILES string of the molecule is C[C@]12CC[C@H](OC(=O)NCC(=O)N[C@@H](Cc3ccccc3)C(=O)O)CC1=CC[C@@H]1[C@@H]2CC[C@]2(C)C(c3cccnc3)=CC[C@@H]12. The number of amides is 2. The van der Waals surface area contributed by atoms with Gasteiger partial charge in [0.15, 0.2) is 0 Å². The van der Waals surface area contributed by atoms with Crippen molar-refractivity contribution < 1.29 is 24.2 Å². The number of ether oxygens (including phenoxy) is 1. The molecule has 232 valence electrons. The number of hydrogen-bond donors (Lipinski definition) is 3. The lowest BCUT2D eigenvalue weighted by atomic mass is 9.47. The van der Waals surface area contributed by atoms with E-state index in [0.717, 1.165) is 37.7 Å². The van der Waals surface area contributed by atoms with Crippen LogP contribution in [0.2, 0.25) is 0 Å². The number of carbonyl (C=O) groups is 3. The molecule has 2 amide bonds. The van der Waals surface area contributed by atoms with Gasteiger partial charge in [0, 0.05) is 25.2 Å². The van der Waals surface area contributed by atoms with E-state index in [1.165, 1.54) is 29.6 Å². The van der Waals surface area contributed by atoms with Crippen molar-refractivity contribution in [3.63, 3.8) is 0 Å². The van der Waals surface area contributed by atoms with Crippen LogP contribution in [0.4, 0.5) is 4.79 Å². The molecule has 2 fully saturated rings. The number of pyridine rings is 1. The fraction of sp³-hybridized carbons (Fsp3) is 0.500. The van der Waals surface area contributed by atoms with Crippen molar-refractivity contribution in [2.24, 2.45) is 28.6 Å². The minimum absolute atomic E-state index is 0.113. The van der Waals surface area contributed by atoms with Crippen LogP contribution in [0.5, 0.6) is 0 Å². The van der Waals surface area contributed by atoms with Gasteiger partial charge in [-0.1, -0.05) is 68.0 Å². The number of aliphatic carboxylic acids is 1. The predicted octanol–water partition coefficient (Wildman–Crippen LogP) is 5.94. The van der Waals surface area contributed by atoms with E-state index in [2.05, 4.69) is 47.7 Å². The zero-order valence-electron chi connectivity index (χ0n) is 25.6. The number of hydrogen-bond acceptors (Lipinski definition) is 5. The number of benzene rings is 1. The van der Waals surface area contributed by atoms with E-state index < -0.39 is 24.0 Å². The minimum Gasteiger partial charge on any atom is -0.480 e. The molecule has 7 atom stereocenters. The summed E-state index contributed by atoms with van der Waals surface area (Å²) in [5.74, 6) is 0.201. The Bertz CT molecular complexity index is 1460. The Morgan fingerprint density at radius 3 is 2.55 bits per heavy atom. The van der Waals surface area contributed by atoms with Crippen LogP contribution in [-0.2, 0) is 20.7 Å². The number of nitrogens with one attached hydrogen (secondary N) is 2. The Labute approximate surface area is 259 Å². The molecule has 6 rings (SSSR count). The van der Waals surface area contributed by atoms with Crippen molar-refractivity contribution in [1.82, 2.24) is 15.6 Å². The summed E-state index contributed by atoms with van der Waals surface area (Å²) in [6, 6.07) is 12.3. The second kappa shape index (κ2) is 12.2. The third-order valence-electron chi connectivity index (χ3n) is 11.2. The number of carbonyl (C=O) groups excluding carboxylic acids is 2. The van der Waals surface area contributed by atoms with E-state index in [4.69, 9.17) is 4.74 Å². The molecule has 0 bridgehead atoms. The Balaban J connectivity index is 1.02. The third-order valence-corrected chi connectivity index (χ3v) is 11.2. The van der Waals surface area contributed by atoms with Crippen molar-refractivity contribution in [2.45, 2.75) is 77.4 Å². The van der Waals surface area contributed by atoms with Gasteiger partial charge in [-0.3, -0.25) is 9.78 Å². The summed E-state index contributed by atoms with van der Waals surface area (Å²) in [6.45, 7) is 4.55. The number of alkyl carbamates (subject to hydrolysis) is 1. The summed E-state index contributed by atoms with van der Waals surface area (Å²) in [5.41, 5.74) is 5.24. The van der Waals surface area contributed by atoms with E-state index in [0.29, 0.717) is 17.8 Å². The first-order valence-electron chi connectivity index (χ1n) is 16.0. The van der Waals surface area contributed by atoms with Crippen molar-refractivity contribution in [2.75, 3.05) is 6.54 Å². The van der Waals surface area contributed by atoms with Crippen LogP contribution in [0.25, 0.3) is 5.57 Å². The molecule has 0 unspecified atom stereocenters. The quantitative estimate of drug-likeness (QED) is 0.324. The van der Waals surface area contributed by atoms with Gasteiger partial charge in [0.1, 0.15) is 18.7 Å². The van der Waals surface area contributed by atoms with Crippen LogP contribution in [0.3, 0.4) is 0 Å². The lowest BCUT2D eigenvalue weighted by Gasteiger charge is -2.57. The van der Waals surface area contributed by atoms with Crippen LogP contribution in [0.15, 0.2) is 72.6 Å². The molecule has 4 aliphatic carbocycles. The molecule has 4 aliphatic rings. The predicted molar refractivity (Wildman–Crippen MR) is 167 cm³/mol. The highest BCUT2D eigenvalue weighted by Gasteiger charge is 2.57. The molecule has 1 heterocycles. The zero-order chi connectivity index (χ0) is 30.9. The average molecular weight is 598 g/mol. The summed E-state index contributed by atoms with van der Waals surface area (Å²) in [6.07, 6.45) is 15.1. The molecule has 8 heteroatoms. The maximum absolute atomic E-state index is 12.6. The van der Waals surface area contributed by atoms with Gasteiger partial charge in [0.05, 0.1) is 0 Å². The highest BCUT2D eigenvalue weighted by atomic mass is 16.6. The van der Waals surface area contributed by atoms with Crippen molar-refractivity contribution in [3.05, 3.63) is 83.7 Å². The molecule has 1 aromatic carbocycles. The van der Waals surface area contributed by atoms with E-state index in [1.807, 2.05) is 48.8 Å². The topological polar surface area (TPSA) is 118 Å². The van der Waals surface area contributed by atoms with Gasteiger partial charge in [-0.15, -0.1) is 0 Å². The standard InChI is InChI=1S/C36H43N3O5/c1-35-16-14-26(44-34(43)38-22-32(40)39-31(33(41)42)19-23-7-4-3-5-8-23)20-25(35)10-11-27-29-13-12-28(24-9-6-18-37-21-24)36(29,2)17-15-30(27)35/h3-10,12,18,21,26-27,29-31H,11,13-17,19-20,22H2,1-2H3,(H,38,43)(H,39,40)(H,41,42)/t26-,27-,29-,30-,31-,35-,36+/m0/s1.